The minimum atomic E-state index is -1.39. The number of hydrogen-bond donors (Lipinski definition) is 1. The first-order valence-electron chi connectivity index (χ1n) is 16.5. The standard InChI is InChI=1S/C41H35NO5/c1-2-21-42-39(46)29-19-18-28-31(35(29)40(42)47)22-32-38(45)30(24-11-5-3-6-12-24)23-34(44)41(32,26-14-7-4-8-15-26)37(28)36-27-16-10-9-13-25(27)17-20-33(36)43/h3-18,20,23,29,31-32,35,37,43H,2,19,21-22H2,1H3/t29-,31+,32-,35-,37+,41-/m0/s1. The lowest BCUT2D eigenvalue weighted by Crippen LogP contribution is -2.58. The molecule has 1 saturated heterocycles. The van der Waals surface area contributed by atoms with Crippen LogP contribution in [0.1, 0.15) is 48.8 Å². The van der Waals surface area contributed by atoms with Crippen molar-refractivity contribution >= 4 is 39.7 Å². The van der Waals surface area contributed by atoms with Crippen LogP contribution < -0.4 is 0 Å². The first kappa shape index (κ1) is 29.3. The summed E-state index contributed by atoms with van der Waals surface area (Å²) in [6, 6.07) is 30.0. The molecule has 4 aromatic carbocycles. The molecule has 6 heteroatoms. The quantitative estimate of drug-likeness (QED) is 0.196. The number of phenolic OH excluding ortho intramolecular Hbond substituents is 1. The Morgan fingerprint density at radius 3 is 2.26 bits per heavy atom. The van der Waals surface area contributed by atoms with Crippen molar-refractivity contribution in [2.75, 3.05) is 6.54 Å². The third kappa shape index (κ3) is 4.10. The number of carbonyl (C=O) groups is 4. The number of rotatable bonds is 5. The topological polar surface area (TPSA) is 91.8 Å². The summed E-state index contributed by atoms with van der Waals surface area (Å²) in [5.41, 5.74) is 1.77. The molecule has 2 fully saturated rings. The highest BCUT2D eigenvalue weighted by atomic mass is 16.3. The van der Waals surface area contributed by atoms with E-state index >= 15 is 9.59 Å². The van der Waals surface area contributed by atoms with Crippen LogP contribution >= 0.6 is 0 Å². The fourth-order valence-electron chi connectivity index (χ4n) is 9.28. The van der Waals surface area contributed by atoms with Gasteiger partial charge in [-0.2, -0.15) is 0 Å². The summed E-state index contributed by atoms with van der Waals surface area (Å²) in [7, 11) is 0. The molecule has 3 aliphatic carbocycles. The van der Waals surface area contributed by atoms with Crippen molar-refractivity contribution in [1.29, 1.82) is 0 Å². The summed E-state index contributed by atoms with van der Waals surface area (Å²) in [6.07, 6.45) is 4.83. The van der Waals surface area contributed by atoms with Gasteiger partial charge >= 0.3 is 0 Å². The van der Waals surface area contributed by atoms with E-state index in [-0.39, 0.29) is 35.6 Å². The van der Waals surface area contributed by atoms with Crippen molar-refractivity contribution in [1.82, 2.24) is 4.90 Å². The van der Waals surface area contributed by atoms with Gasteiger partial charge < -0.3 is 5.11 Å². The second kappa shape index (κ2) is 11.0. The maximum atomic E-state index is 15.2. The molecule has 0 aromatic heterocycles. The number of amides is 2. The highest BCUT2D eigenvalue weighted by molar-refractivity contribution is 6.31. The molecule has 1 saturated carbocycles. The molecule has 47 heavy (non-hydrogen) atoms. The first-order valence-corrected chi connectivity index (χ1v) is 16.5. The molecule has 8 rings (SSSR count). The van der Waals surface area contributed by atoms with Gasteiger partial charge in [-0.3, -0.25) is 24.1 Å². The van der Waals surface area contributed by atoms with Gasteiger partial charge in [0.1, 0.15) is 5.75 Å². The molecule has 4 aromatic rings. The van der Waals surface area contributed by atoms with Gasteiger partial charge in [-0.25, -0.2) is 0 Å². The summed E-state index contributed by atoms with van der Waals surface area (Å²) < 4.78 is 0. The van der Waals surface area contributed by atoms with Crippen molar-refractivity contribution in [3.8, 4) is 5.75 Å². The monoisotopic (exact) mass is 621 g/mol. The number of aromatic hydroxyl groups is 1. The van der Waals surface area contributed by atoms with Crippen LogP contribution in [-0.4, -0.2) is 39.9 Å². The lowest BCUT2D eigenvalue weighted by Gasteiger charge is -2.55. The average Bonchev–Trinajstić information content (AvgIpc) is 3.35. The Hall–Kier alpha value is -5.10. The first-order chi connectivity index (χ1) is 22.9. The predicted molar refractivity (Wildman–Crippen MR) is 179 cm³/mol. The minimum absolute atomic E-state index is 0.0333. The molecule has 4 aliphatic rings. The SMILES string of the molecule is CCCN1C(=O)[C@H]2[C@H](CC=C3[C@H]2C[C@H]2C(=O)C(c4ccccc4)=CC(=O)[C@@]2(c2ccccc2)[C@H]3c2c(O)ccc3ccccc23)C1=O. The molecule has 0 bridgehead atoms. The van der Waals surface area contributed by atoms with E-state index < -0.39 is 35.0 Å². The maximum Gasteiger partial charge on any atom is 0.233 e. The highest BCUT2D eigenvalue weighted by Gasteiger charge is 2.66. The third-order valence-corrected chi connectivity index (χ3v) is 11.1. The largest absolute Gasteiger partial charge is 0.508 e. The van der Waals surface area contributed by atoms with Gasteiger partial charge in [-0.05, 0) is 59.2 Å². The Morgan fingerprint density at radius 2 is 1.51 bits per heavy atom. The maximum absolute atomic E-state index is 15.2. The molecular formula is C41H35NO5. The van der Waals surface area contributed by atoms with Gasteiger partial charge in [-0.15, -0.1) is 0 Å². The smallest absolute Gasteiger partial charge is 0.233 e. The van der Waals surface area contributed by atoms with Crippen molar-refractivity contribution in [3.05, 3.63) is 131 Å². The Bertz CT molecular complexity index is 2030. The van der Waals surface area contributed by atoms with Crippen molar-refractivity contribution in [2.24, 2.45) is 23.7 Å². The zero-order chi connectivity index (χ0) is 32.4. The normalized spacial score (nSPS) is 28.4. The van der Waals surface area contributed by atoms with Crippen LogP contribution in [0.15, 0.2) is 115 Å². The van der Waals surface area contributed by atoms with E-state index in [2.05, 4.69) is 0 Å². The number of phenols is 1. The molecule has 0 radical (unpaired) electrons. The molecule has 6 nitrogen and oxygen atoms in total. The van der Waals surface area contributed by atoms with E-state index in [4.69, 9.17) is 0 Å². The van der Waals surface area contributed by atoms with Gasteiger partial charge in [-0.1, -0.05) is 110 Å². The molecule has 0 spiro atoms. The summed E-state index contributed by atoms with van der Waals surface area (Å²) >= 11 is 0. The van der Waals surface area contributed by atoms with E-state index in [1.807, 2.05) is 104 Å². The lowest BCUT2D eigenvalue weighted by atomic mass is 9.44. The van der Waals surface area contributed by atoms with Crippen LogP contribution in [-0.2, 0) is 24.6 Å². The summed E-state index contributed by atoms with van der Waals surface area (Å²) in [5, 5.41) is 13.5. The third-order valence-electron chi connectivity index (χ3n) is 11.1. The predicted octanol–water partition coefficient (Wildman–Crippen LogP) is 6.78. The van der Waals surface area contributed by atoms with E-state index in [0.717, 1.165) is 16.3 Å². The number of carbonyl (C=O) groups excluding carboxylic acids is 4. The molecule has 1 N–H and O–H groups in total. The number of Topliss-reactive ketones (excluding diaryl/α,β-unsaturated/α-hetero) is 1. The highest BCUT2D eigenvalue weighted by Crippen LogP contribution is 2.65. The summed E-state index contributed by atoms with van der Waals surface area (Å²) in [6.45, 7) is 2.31. The van der Waals surface area contributed by atoms with Crippen LogP contribution in [0, 0.1) is 23.7 Å². The number of likely N-dealkylation sites (tertiary alicyclic amines) is 1. The zero-order valence-electron chi connectivity index (χ0n) is 26.1. The Morgan fingerprint density at radius 1 is 0.809 bits per heavy atom. The second-order valence-corrected chi connectivity index (χ2v) is 13.3. The Kier molecular flexibility index (Phi) is 6.87. The number of nitrogens with zero attached hydrogens (tertiary/aromatic N) is 1. The molecule has 6 atom stereocenters. The average molecular weight is 622 g/mol. The fourth-order valence-corrected chi connectivity index (χ4v) is 9.28. The van der Waals surface area contributed by atoms with Gasteiger partial charge in [0.05, 0.1) is 17.3 Å². The Balaban J connectivity index is 1.45. The molecule has 2 amide bonds. The molecule has 1 heterocycles. The van der Waals surface area contributed by atoms with Gasteiger partial charge in [0, 0.05) is 29.5 Å². The van der Waals surface area contributed by atoms with Crippen molar-refractivity contribution in [2.45, 2.75) is 37.5 Å². The Labute approximate surface area is 273 Å². The number of benzene rings is 4. The number of ketones is 2. The van der Waals surface area contributed by atoms with Gasteiger partial charge in [0.25, 0.3) is 0 Å². The van der Waals surface area contributed by atoms with Crippen molar-refractivity contribution < 1.29 is 24.3 Å². The van der Waals surface area contributed by atoms with E-state index in [0.29, 0.717) is 41.6 Å². The lowest BCUT2D eigenvalue weighted by molar-refractivity contribution is -0.140. The zero-order valence-corrected chi connectivity index (χ0v) is 26.1. The van der Waals surface area contributed by atoms with Gasteiger partial charge in [0.15, 0.2) is 11.6 Å². The molecule has 1 aliphatic heterocycles. The minimum Gasteiger partial charge on any atom is -0.508 e. The number of fused-ring (bicyclic) bond motifs is 5. The van der Waals surface area contributed by atoms with Crippen molar-refractivity contribution in [3.63, 3.8) is 0 Å². The van der Waals surface area contributed by atoms with Crippen LogP contribution in [0.2, 0.25) is 0 Å². The van der Waals surface area contributed by atoms with Gasteiger partial charge in [0.2, 0.25) is 11.8 Å². The van der Waals surface area contributed by atoms with E-state index in [1.165, 1.54) is 11.0 Å². The molecule has 234 valence electrons. The number of imide groups is 1. The van der Waals surface area contributed by atoms with Crippen LogP contribution in [0.4, 0.5) is 0 Å². The number of hydrogen-bond acceptors (Lipinski definition) is 5. The van der Waals surface area contributed by atoms with E-state index in [1.54, 1.807) is 6.07 Å². The fraction of sp³-hybridized carbons (Fsp3) is 0.268. The van der Waals surface area contributed by atoms with Crippen LogP contribution in [0.5, 0.6) is 5.75 Å². The van der Waals surface area contributed by atoms with Crippen LogP contribution in [0.25, 0.3) is 16.3 Å². The van der Waals surface area contributed by atoms with E-state index in [9.17, 15) is 14.7 Å². The molecule has 0 unspecified atom stereocenters. The summed E-state index contributed by atoms with van der Waals surface area (Å²) in [5.74, 6) is -3.87. The van der Waals surface area contributed by atoms with Crippen LogP contribution in [0.3, 0.4) is 0 Å². The summed E-state index contributed by atoms with van der Waals surface area (Å²) in [4.78, 5) is 59.4. The number of allylic oxidation sites excluding steroid dienone is 4. The molecular weight excluding hydrogens is 586 g/mol. The second-order valence-electron chi connectivity index (χ2n) is 13.3.